The van der Waals surface area contributed by atoms with Crippen LogP contribution in [0.15, 0.2) is 90.0 Å². The SMILES string of the molecule is CC1=C2c3cc(C)n(-c4ccccc4)c3C1[Si]2(C)C.CC1=Cc2c(-c3ccc(C(C)C)cc3)cccc2[CH]1[Zr+2].[Cl-].[Cl-]. The number of halogens is 2. The molecular weight excluding hydrogens is 637 g/mol. The number of benzene rings is 3. The number of hydrogen-bond donors (Lipinski definition) is 0. The zero-order valence-electron chi connectivity index (χ0n) is 25.0. The van der Waals surface area contributed by atoms with E-state index in [1.165, 1.54) is 44.8 Å². The van der Waals surface area contributed by atoms with Gasteiger partial charge in [0, 0.05) is 22.6 Å². The number of para-hydroxylation sites is 1. The van der Waals surface area contributed by atoms with Gasteiger partial charge in [-0.15, -0.1) is 0 Å². The van der Waals surface area contributed by atoms with Crippen molar-refractivity contribution >= 4 is 19.3 Å². The molecule has 5 heteroatoms. The monoisotopic (exact) mass is 672 g/mol. The standard InChI is InChI=1S/C19H19.C17H19NSi.2ClH.Zr/c1-13(2)15-7-9-16(10-8-15)18-6-4-5-17-11-14(3)12-19(17)18;1-11-10-14-15(17-12(2)16(14)19(17,3)4)18(11)13-8-6-5-7-9-13;;;/h4-13H,1-3H3;5-10,17H,1-4H3;2*1H;/q;;;;+2/p-2. The molecule has 209 valence electrons. The summed E-state index contributed by atoms with van der Waals surface area (Å²) in [5, 5.41) is 1.73. The van der Waals surface area contributed by atoms with Gasteiger partial charge >= 0.3 is 137 Å². The van der Waals surface area contributed by atoms with Crippen LogP contribution < -0.4 is 24.8 Å². The molecule has 1 aromatic heterocycles. The molecule has 2 unspecified atom stereocenters. The fraction of sp³-hybridized carbons (Fsp3) is 0.278. The summed E-state index contributed by atoms with van der Waals surface area (Å²) in [5.74, 6) is 0.594. The van der Waals surface area contributed by atoms with Crippen LogP contribution in [0.1, 0.15) is 76.4 Å². The van der Waals surface area contributed by atoms with Crippen molar-refractivity contribution in [1.82, 2.24) is 4.57 Å². The second kappa shape index (κ2) is 12.0. The third-order valence-electron chi connectivity index (χ3n) is 9.14. The Balaban J connectivity index is 0.000000180. The van der Waals surface area contributed by atoms with E-state index in [0.717, 1.165) is 5.54 Å². The van der Waals surface area contributed by atoms with Crippen molar-refractivity contribution in [3.8, 4) is 16.8 Å². The average molecular weight is 675 g/mol. The van der Waals surface area contributed by atoms with Crippen molar-refractivity contribution in [1.29, 1.82) is 0 Å². The molecule has 0 radical (unpaired) electrons. The van der Waals surface area contributed by atoms with Crippen LogP contribution >= 0.6 is 0 Å². The maximum Gasteiger partial charge on any atom is -1.00 e. The van der Waals surface area contributed by atoms with Crippen LogP contribution in [-0.2, 0) is 24.7 Å². The molecule has 3 aromatic carbocycles. The van der Waals surface area contributed by atoms with Gasteiger partial charge < -0.3 is 29.4 Å². The molecule has 1 nitrogen and oxygen atoms in total. The Morgan fingerprint density at radius 2 is 1.46 bits per heavy atom. The zero-order chi connectivity index (χ0) is 27.6. The largest absolute Gasteiger partial charge is 1.00 e. The molecule has 2 atom stereocenters. The minimum Gasteiger partial charge on any atom is -1.00 e. The summed E-state index contributed by atoms with van der Waals surface area (Å²) in [6.07, 6.45) is 2.38. The molecule has 4 aliphatic rings. The van der Waals surface area contributed by atoms with Gasteiger partial charge in [0.2, 0.25) is 0 Å². The van der Waals surface area contributed by atoms with E-state index < -0.39 is 8.07 Å². The van der Waals surface area contributed by atoms with Gasteiger partial charge in [0.1, 0.15) is 0 Å². The zero-order valence-corrected chi connectivity index (χ0v) is 30.0. The molecule has 0 N–H and O–H groups in total. The van der Waals surface area contributed by atoms with E-state index in [1.807, 2.05) is 0 Å². The minimum atomic E-state index is -1.19. The van der Waals surface area contributed by atoms with Crippen LogP contribution in [0.4, 0.5) is 0 Å². The Morgan fingerprint density at radius 1 is 0.805 bits per heavy atom. The second-order valence-electron chi connectivity index (χ2n) is 12.4. The van der Waals surface area contributed by atoms with Crippen LogP contribution in [0.3, 0.4) is 0 Å². The van der Waals surface area contributed by atoms with Crippen molar-refractivity contribution in [2.75, 3.05) is 0 Å². The number of rotatable bonds is 3. The van der Waals surface area contributed by atoms with E-state index in [-0.39, 0.29) is 24.8 Å². The molecule has 3 heterocycles. The topological polar surface area (TPSA) is 4.93 Å². The third-order valence-corrected chi connectivity index (χ3v) is 15.1. The molecule has 0 saturated heterocycles. The van der Waals surface area contributed by atoms with Gasteiger partial charge in [-0.2, -0.15) is 0 Å². The van der Waals surface area contributed by atoms with Crippen molar-refractivity contribution in [3.63, 3.8) is 0 Å². The summed E-state index contributed by atoms with van der Waals surface area (Å²) in [6.45, 7) is 16.3. The maximum absolute atomic E-state index is 2.52. The number of aryl methyl sites for hydroxylation is 1. The normalized spacial score (nSPS) is 18.8. The van der Waals surface area contributed by atoms with Crippen molar-refractivity contribution in [2.45, 2.75) is 62.8 Å². The van der Waals surface area contributed by atoms with Crippen LogP contribution in [0.2, 0.25) is 13.1 Å². The van der Waals surface area contributed by atoms with Crippen molar-refractivity contribution < 1.29 is 49.5 Å². The Kier molecular flexibility index (Phi) is 9.37. The molecule has 8 rings (SSSR count). The summed E-state index contributed by atoms with van der Waals surface area (Å²) < 4.78 is 3.13. The van der Waals surface area contributed by atoms with Crippen LogP contribution in [0, 0.1) is 6.92 Å². The first kappa shape index (κ1) is 32.0. The van der Waals surface area contributed by atoms with E-state index in [0.29, 0.717) is 9.54 Å². The quantitative estimate of drug-likeness (QED) is 0.291. The minimum absolute atomic E-state index is 0. The molecule has 2 aliphatic heterocycles. The van der Waals surface area contributed by atoms with Crippen LogP contribution in [-0.4, -0.2) is 12.6 Å². The van der Waals surface area contributed by atoms with E-state index in [9.17, 15) is 0 Å². The Bertz CT molecular complexity index is 1650. The van der Waals surface area contributed by atoms with Crippen molar-refractivity contribution in [2.24, 2.45) is 0 Å². The molecule has 0 saturated carbocycles. The van der Waals surface area contributed by atoms with Gasteiger partial charge in [0.15, 0.2) is 0 Å². The van der Waals surface area contributed by atoms with E-state index >= 15 is 0 Å². The fourth-order valence-corrected chi connectivity index (χ4v) is 12.4. The van der Waals surface area contributed by atoms with Gasteiger partial charge in [-0.25, -0.2) is 0 Å². The van der Waals surface area contributed by atoms with Gasteiger partial charge in [0.05, 0.1) is 8.07 Å². The molecule has 0 fully saturated rings. The van der Waals surface area contributed by atoms with E-state index in [4.69, 9.17) is 0 Å². The Labute approximate surface area is 274 Å². The number of allylic oxidation sites excluding steroid dienone is 2. The molecular formula is C36H38Cl2NSiZr. The third kappa shape index (κ3) is 5.16. The first-order chi connectivity index (χ1) is 18.6. The van der Waals surface area contributed by atoms with E-state index in [2.05, 4.69) is 137 Å². The predicted octanol–water partition coefficient (Wildman–Crippen LogP) is 3.95. The molecule has 41 heavy (non-hydrogen) atoms. The Morgan fingerprint density at radius 3 is 2.07 bits per heavy atom. The van der Waals surface area contributed by atoms with Gasteiger partial charge in [-0.3, -0.25) is 0 Å². The average Bonchev–Trinajstić information content (AvgIpc) is 3.57. The summed E-state index contributed by atoms with van der Waals surface area (Å²) in [7, 11) is -1.19. The molecule has 4 aromatic rings. The van der Waals surface area contributed by atoms with Crippen LogP contribution in [0.25, 0.3) is 28.1 Å². The first-order valence-corrected chi connectivity index (χ1v) is 18.7. The molecule has 2 bridgehead atoms. The number of nitrogens with zero attached hydrogens (tertiary/aromatic N) is 1. The first-order valence-electron chi connectivity index (χ1n) is 14.2. The van der Waals surface area contributed by atoms with Gasteiger partial charge in [0.25, 0.3) is 0 Å². The van der Waals surface area contributed by atoms with Crippen molar-refractivity contribution in [3.05, 3.63) is 124 Å². The summed E-state index contributed by atoms with van der Waals surface area (Å²) in [6, 6.07) is 29.0. The number of fused-ring (bicyclic) bond motifs is 1. The van der Waals surface area contributed by atoms with E-state index in [1.54, 1.807) is 46.7 Å². The van der Waals surface area contributed by atoms with Gasteiger partial charge in [-0.05, 0) is 37.6 Å². The van der Waals surface area contributed by atoms with Gasteiger partial charge in [-0.1, -0.05) is 42.1 Å². The summed E-state index contributed by atoms with van der Waals surface area (Å²) >= 11 is 1.59. The molecule has 0 amide bonds. The molecule has 0 spiro atoms. The number of aromatic nitrogens is 1. The van der Waals surface area contributed by atoms with Crippen LogP contribution in [0.5, 0.6) is 0 Å². The maximum atomic E-state index is 2.52. The fourth-order valence-electron chi connectivity index (χ4n) is 7.28. The number of hydrogen-bond acceptors (Lipinski definition) is 0. The predicted molar refractivity (Wildman–Crippen MR) is 166 cm³/mol. The smallest absolute Gasteiger partial charge is 1.00 e. The Hall–Kier alpha value is -1.90. The second-order valence-corrected chi connectivity index (χ2v) is 18.3. The molecule has 2 aliphatic carbocycles. The summed E-state index contributed by atoms with van der Waals surface area (Å²) in [5.41, 5.74) is 16.8. The summed E-state index contributed by atoms with van der Waals surface area (Å²) in [4.78, 5) is 0.